The molecule has 0 amide bonds. The monoisotopic (exact) mass is 234 g/mol. The normalized spacial score (nSPS) is 14.1. The van der Waals surface area contributed by atoms with Crippen molar-refractivity contribution in [1.82, 2.24) is 0 Å². The first-order chi connectivity index (χ1) is 8.15. The number of rotatable bonds is 6. The van der Waals surface area contributed by atoms with Gasteiger partial charge in [0.2, 0.25) is 0 Å². The van der Waals surface area contributed by atoms with Gasteiger partial charge in [-0.1, -0.05) is 44.2 Å². The summed E-state index contributed by atoms with van der Waals surface area (Å²) in [6, 6.07) is 10.4. The molecule has 17 heavy (non-hydrogen) atoms. The van der Waals surface area contributed by atoms with Gasteiger partial charge in [-0.2, -0.15) is 0 Å². The lowest BCUT2D eigenvalue weighted by Crippen LogP contribution is -2.10. The van der Waals surface area contributed by atoms with Gasteiger partial charge in [-0.05, 0) is 30.7 Å². The molecule has 2 heteroatoms. The molecule has 0 fully saturated rings. The second-order valence-corrected chi connectivity index (χ2v) is 4.52. The van der Waals surface area contributed by atoms with E-state index in [0.29, 0.717) is 24.9 Å². The molecular formula is C15H22O2. The summed E-state index contributed by atoms with van der Waals surface area (Å²) in [5, 5.41) is 0. The molecule has 1 rings (SSSR count). The van der Waals surface area contributed by atoms with E-state index in [2.05, 4.69) is 38.1 Å². The molecule has 2 atom stereocenters. The molecule has 2 nitrogen and oxygen atoms in total. The van der Waals surface area contributed by atoms with E-state index >= 15 is 0 Å². The number of carbonyl (C=O) groups is 1. The Balaban J connectivity index is 2.42. The summed E-state index contributed by atoms with van der Waals surface area (Å²) in [5.41, 5.74) is 1.34. The second-order valence-electron chi connectivity index (χ2n) is 4.52. The van der Waals surface area contributed by atoms with Crippen molar-refractivity contribution < 1.29 is 9.53 Å². The van der Waals surface area contributed by atoms with Crippen LogP contribution in [0.4, 0.5) is 0 Å². The Morgan fingerprint density at radius 1 is 1.24 bits per heavy atom. The number of benzene rings is 1. The summed E-state index contributed by atoms with van der Waals surface area (Å²) >= 11 is 0. The maximum Gasteiger partial charge on any atom is 0.305 e. The van der Waals surface area contributed by atoms with E-state index in [-0.39, 0.29) is 5.97 Å². The van der Waals surface area contributed by atoms with Gasteiger partial charge in [0.25, 0.3) is 0 Å². The molecule has 0 spiro atoms. The van der Waals surface area contributed by atoms with Gasteiger partial charge < -0.3 is 4.74 Å². The minimum Gasteiger partial charge on any atom is -0.466 e. The molecule has 0 bridgehead atoms. The van der Waals surface area contributed by atoms with E-state index < -0.39 is 0 Å². The van der Waals surface area contributed by atoms with Crippen LogP contribution in [0.1, 0.15) is 45.1 Å². The predicted molar refractivity (Wildman–Crippen MR) is 69.9 cm³/mol. The predicted octanol–water partition coefficient (Wildman–Crippen LogP) is 3.77. The first-order valence-electron chi connectivity index (χ1n) is 6.35. The highest BCUT2D eigenvalue weighted by atomic mass is 16.5. The van der Waals surface area contributed by atoms with Crippen molar-refractivity contribution in [3.8, 4) is 0 Å². The van der Waals surface area contributed by atoms with Crippen molar-refractivity contribution in [1.29, 1.82) is 0 Å². The molecular weight excluding hydrogens is 212 g/mol. The Hall–Kier alpha value is -1.31. The third kappa shape index (κ3) is 4.59. The van der Waals surface area contributed by atoms with Crippen LogP contribution in [0.25, 0.3) is 0 Å². The highest BCUT2D eigenvalue weighted by Crippen LogP contribution is 2.27. The largest absolute Gasteiger partial charge is 0.466 e. The third-order valence-corrected chi connectivity index (χ3v) is 3.29. The van der Waals surface area contributed by atoms with Gasteiger partial charge in [0.05, 0.1) is 6.61 Å². The van der Waals surface area contributed by atoms with Gasteiger partial charge in [0.15, 0.2) is 0 Å². The van der Waals surface area contributed by atoms with Crippen LogP contribution in [0, 0.1) is 5.92 Å². The van der Waals surface area contributed by atoms with Crippen LogP contribution < -0.4 is 0 Å². The van der Waals surface area contributed by atoms with Gasteiger partial charge >= 0.3 is 5.97 Å². The van der Waals surface area contributed by atoms with E-state index in [4.69, 9.17) is 4.74 Å². The fourth-order valence-electron chi connectivity index (χ4n) is 1.91. The molecule has 0 aliphatic carbocycles. The Labute approximate surface area is 104 Å². The number of hydrogen-bond acceptors (Lipinski definition) is 2. The Bertz CT molecular complexity index is 332. The fraction of sp³-hybridized carbons (Fsp3) is 0.533. The van der Waals surface area contributed by atoms with E-state index in [1.54, 1.807) is 0 Å². The summed E-state index contributed by atoms with van der Waals surface area (Å²) in [6.45, 7) is 6.72. The van der Waals surface area contributed by atoms with Crippen molar-refractivity contribution >= 4 is 5.97 Å². The topological polar surface area (TPSA) is 26.3 Å². The van der Waals surface area contributed by atoms with Gasteiger partial charge in [-0.15, -0.1) is 0 Å². The average molecular weight is 234 g/mol. The zero-order valence-electron chi connectivity index (χ0n) is 11.0. The average Bonchev–Trinajstić information content (AvgIpc) is 2.36. The molecule has 2 unspecified atom stereocenters. The number of ether oxygens (including phenoxy) is 1. The first-order valence-corrected chi connectivity index (χ1v) is 6.35. The highest BCUT2D eigenvalue weighted by Gasteiger charge is 2.15. The summed E-state index contributed by atoms with van der Waals surface area (Å²) in [7, 11) is 0. The summed E-state index contributed by atoms with van der Waals surface area (Å²) < 4.78 is 4.94. The molecule has 0 radical (unpaired) electrons. The number of hydrogen-bond donors (Lipinski definition) is 0. The molecule has 0 aliphatic rings. The second kappa shape index (κ2) is 7.10. The van der Waals surface area contributed by atoms with Crippen molar-refractivity contribution in [2.24, 2.45) is 5.92 Å². The minimum atomic E-state index is -0.0837. The SMILES string of the molecule is CCOC(=O)CCC(C)C(C)c1ccccc1. The van der Waals surface area contributed by atoms with Crippen LogP contribution in [-0.2, 0) is 9.53 Å². The van der Waals surface area contributed by atoms with Gasteiger partial charge in [0, 0.05) is 6.42 Å². The van der Waals surface area contributed by atoms with Crippen LogP contribution in [-0.4, -0.2) is 12.6 Å². The lowest BCUT2D eigenvalue weighted by molar-refractivity contribution is -0.143. The Morgan fingerprint density at radius 2 is 1.88 bits per heavy atom. The van der Waals surface area contributed by atoms with Crippen molar-refractivity contribution in [3.05, 3.63) is 35.9 Å². The van der Waals surface area contributed by atoms with E-state index in [0.717, 1.165) is 6.42 Å². The summed E-state index contributed by atoms with van der Waals surface area (Å²) in [4.78, 5) is 11.3. The van der Waals surface area contributed by atoms with Crippen LogP contribution in [0.5, 0.6) is 0 Å². The minimum absolute atomic E-state index is 0.0837. The zero-order valence-corrected chi connectivity index (χ0v) is 11.0. The molecule has 0 aliphatic heterocycles. The third-order valence-electron chi connectivity index (χ3n) is 3.29. The molecule has 0 saturated carbocycles. The van der Waals surface area contributed by atoms with Crippen LogP contribution in [0.15, 0.2) is 30.3 Å². The van der Waals surface area contributed by atoms with Crippen molar-refractivity contribution in [2.75, 3.05) is 6.61 Å². The zero-order chi connectivity index (χ0) is 12.7. The van der Waals surface area contributed by atoms with Crippen molar-refractivity contribution in [3.63, 3.8) is 0 Å². The summed E-state index contributed by atoms with van der Waals surface area (Å²) in [5.74, 6) is 0.882. The van der Waals surface area contributed by atoms with Crippen LogP contribution in [0.3, 0.4) is 0 Å². The Kier molecular flexibility index (Phi) is 5.75. The van der Waals surface area contributed by atoms with Crippen molar-refractivity contribution in [2.45, 2.75) is 39.5 Å². The maximum atomic E-state index is 11.3. The van der Waals surface area contributed by atoms with E-state index in [1.807, 2.05) is 13.0 Å². The molecule has 0 saturated heterocycles. The number of esters is 1. The lowest BCUT2D eigenvalue weighted by atomic mass is 9.86. The number of carbonyl (C=O) groups excluding carboxylic acids is 1. The van der Waals surface area contributed by atoms with Crippen LogP contribution in [0.2, 0.25) is 0 Å². The highest BCUT2D eigenvalue weighted by molar-refractivity contribution is 5.69. The molecule has 1 aromatic carbocycles. The standard InChI is InChI=1S/C15H22O2/c1-4-17-15(16)11-10-12(2)13(3)14-8-6-5-7-9-14/h5-9,12-13H,4,10-11H2,1-3H3. The molecule has 0 aromatic heterocycles. The fourth-order valence-corrected chi connectivity index (χ4v) is 1.91. The molecule has 1 aromatic rings. The van der Waals surface area contributed by atoms with Crippen LogP contribution >= 0.6 is 0 Å². The summed E-state index contributed by atoms with van der Waals surface area (Å²) in [6.07, 6.45) is 1.40. The lowest BCUT2D eigenvalue weighted by Gasteiger charge is -2.19. The maximum absolute atomic E-state index is 11.3. The van der Waals surface area contributed by atoms with Gasteiger partial charge in [0.1, 0.15) is 0 Å². The van der Waals surface area contributed by atoms with E-state index in [9.17, 15) is 4.79 Å². The quantitative estimate of drug-likeness (QED) is 0.700. The first kappa shape index (κ1) is 13.8. The molecule has 0 heterocycles. The van der Waals surface area contributed by atoms with Gasteiger partial charge in [-0.3, -0.25) is 4.79 Å². The Morgan fingerprint density at radius 3 is 2.47 bits per heavy atom. The molecule has 0 N–H and O–H groups in total. The van der Waals surface area contributed by atoms with Gasteiger partial charge in [-0.25, -0.2) is 0 Å². The smallest absolute Gasteiger partial charge is 0.305 e. The molecule has 94 valence electrons. The van der Waals surface area contributed by atoms with E-state index in [1.165, 1.54) is 5.56 Å².